The van der Waals surface area contributed by atoms with Gasteiger partial charge >= 0.3 is 0 Å². The summed E-state index contributed by atoms with van der Waals surface area (Å²) in [6.07, 6.45) is 2.09. The van der Waals surface area contributed by atoms with Crippen LogP contribution in [0.5, 0.6) is 11.5 Å². The highest BCUT2D eigenvalue weighted by Crippen LogP contribution is 2.32. The number of nitrogens with one attached hydrogen (secondary N) is 2. The van der Waals surface area contributed by atoms with Gasteiger partial charge in [-0.3, -0.25) is 4.79 Å². The van der Waals surface area contributed by atoms with E-state index in [-0.39, 0.29) is 18.4 Å². The van der Waals surface area contributed by atoms with Gasteiger partial charge in [-0.25, -0.2) is 4.98 Å². The Morgan fingerprint density at radius 2 is 1.93 bits per heavy atom. The lowest BCUT2D eigenvalue weighted by molar-refractivity contribution is -0.121. The van der Waals surface area contributed by atoms with Crippen molar-refractivity contribution in [2.45, 2.75) is 32.2 Å². The normalized spacial score (nSPS) is 11.6. The van der Waals surface area contributed by atoms with Gasteiger partial charge in [0.25, 0.3) is 0 Å². The van der Waals surface area contributed by atoms with E-state index in [2.05, 4.69) is 27.8 Å². The second-order valence-electron chi connectivity index (χ2n) is 7.00. The lowest BCUT2D eigenvalue weighted by Crippen LogP contribution is -2.34. The Kier molecular flexibility index (Phi) is 7.68. The maximum Gasteiger partial charge on any atom is 0.226 e. The first kappa shape index (κ1) is 21.6. The van der Waals surface area contributed by atoms with Crippen LogP contribution < -0.4 is 20.1 Å². The van der Waals surface area contributed by atoms with Gasteiger partial charge in [-0.05, 0) is 37.5 Å². The van der Waals surface area contributed by atoms with Crippen LogP contribution in [-0.2, 0) is 17.6 Å². The molecule has 1 aromatic heterocycles. The van der Waals surface area contributed by atoms with E-state index in [1.807, 2.05) is 48.7 Å². The average molecular weight is 426 g/mol. The molecular formula is C23H27N3O3S. The molecule has 6 nitrogen and oxygen atoms in total. The van der Waals surface area contributed by atoms with Gasteiger partial charge in [-0.2, -0.15) is 0 Å². The maximum absolute atomic E-state index is 12.4. The van der Waals surface area contributed by atoms with Crippen molar-refractivity contribution in [1.82, 2.24) is 10.3 Å². The summed E-state index contributed by atoms with van der Waals surface area (Å²) >= 11 is 1.45. The number of benzene rings is 2. The van der Waals surface area contributed by atoms with E-state index in [0.29, 0.717) is 10.9 Å². The van der Waals surface area contributed by atoms with Crippen molar-refractivity contribution in [3.63, 3.8) is 0 Å². The first-order valence-corrected chi connectivity index (χ1v) is 10.7. The molecule has 3 rings (SSSR count). The molecule has 0 spiro atoms. The summed E-state index contributed by atoms with van der Waals surface area (Å²) in [6.45, 7) is 2.03. The van der Waals surface area contributed by atoms with Crippen molar-refractivity contribution in [3.8, 4) is 11.5 Å². The van der Waals surface area contributed by atoms with Gasteiger partial charge in [0.15, 0.2) is 5.13 Å². The van der Waals surface area contributed by atoms with Gasteiger partial charge in [0.2, 0.25) is 5.91 Å². The van der Waals surface area contributed by atoms with Crippen LogP contribution in [0.2, 0.25) is 0 Å². The molecule has 0 aliphatic rings. The summed E-state index contributed by atoms with van der Waals surface area (Å²) in [5.41, 5.74) is 2.77. The second kappa shape index (κ2) is 10.6. The monoisotopic (exact) mass is 425 g/mol. The number of hydrogen-bond acceptors (Lipinski definition) is 6. The Morgan fingerprint density at radius 1 is 1.13 bits per heavy atom. The minimum atomic E-state index is -0.0219. The van der Waals surface area contributed by atoms with Gasteiger partial charge in [0.1, 0.15) is 11.5 Å². The maximum atomic E-state index is 12.4. The number of thiazole rings is 1. The third-order valence-corrected chi connectivity index (χ3v) is 5.46. The Labute approximate surface area is 181 Å². The smallest absolute Gasteiger partial charge is 0.226 e. The fourth-order valence-electron chi connectivity index (χ4n) is 3.06. The van der Waals surface area contributed by atoms with Gasteiger partial charge < -0.3 is 20.1 Å². The second-order valence-corrected chi connectivity index (χ2v) is 7.86. The molecule has 1 heterocycles. The highest BCUT2D eigenvalue weighted by molar-refractivity contribution is 7.13. The Hall–Kier alpha value is -3.06. The Balaban J connectivity index is 1.52. The van der Waals surface area contributed by atoms with Crippen molar-refractivity contribution >= 4 is 28.1 Å². The molecule has 1 atom stereocenters. The van der Waals surface area contributed by atoms with Crippen LogP contribution in [0.15, 0.2) is 53.9 Å². The topological polar surface area (TPSA) is 72.5 Å². The SMILES string of the molecule is COc1ccc(OC)c(Nc2nc(CC(=O)NC(C)CCc3ccccc3)cs2)c1. The zero-order valence-corrected chi connectivity index (χ0v) is 18.3. The molecule has 0 fully saturated rings. The molecule has 30 heavy (non-hydrogen) atoms. The highest BCUT2D eigenvalue weighted by Gasteiger charge is 2.12. The van der Waals surface area contributed by atoms with Crippen LogP contribution in [0.4, 0.5) is 10.8 Å². The molecule has 0 saturated carbocycles. The number of amides is 1. The van der Waals surface area contributed by atoms with Crippen molar-refractivity contribution < 1.29 is 14.3 Å². The largest absolute Gasteiger partial charge is 0.497 e. The molecule has 1 amide bonds. The summed E-state index contributed by atoms with van der Waals surface area (Å²) in [5, 5.41) is 8.89. The summed E-state index contributed by atoms with van der Waals surface area (Å²) in [6, 6.07) is 15.9. The fourth-order valence-corrected chi connectivity index (χ4v) is 3.79. The van der Waals surface area contributed by atoms with Crippen molar-refractivity contribution in [2.24, 2.45) is 0 Å². The zero-order chi connectivity index (χ0) is 21.3. The molecular weight excluding hydrogens is 398 g/mol. The Bertz CT molecular complexity index is 959. The number of rotatable bonds is 10. The summed E-state index contributed by atoms with van der Waals surface area (Å²) in [7, 11) is 3.23. The molecule has 1 unspecified atom stereocenters. The molecule has 0 aliphatic carbocycles. The van der Waals surface area contributed by atoms with E-state index in [4.69, 9.17) is 9.47 Å². The third kappa shape index (κ3) is 6.22. The van der Waals surface area contributed by atoms with Crippen LogP contribution in [0.25, 0.3) is 0 Å². The predicted octanol–water partition coefficient (Wildman–Crippen LogP) is 4.58. The summed E-state index contributed by atoms with van der Waals surface area (Å²) < 4.78 is 10.7. The number of aromatic nitrogens is 1. The first-order valence-electron chi connectivity index (χ1n) is 9.84. The molecule has 0 saturated heterocycles. The minimum Gasteiger partial charge on any atom is -0.497 e. The minimum absolute atomic E-state index is 0.0219. The van der Waals surface area contributed by atoms with E-state index in [0.717, 1.165) is 30.0 Å². The number of carbonyl (C=O) groups is 1. The van der Waals surface area contributed by atoms with Crippen LogP contribution in [0, 0.1) is 0 Å². The van der Waals surface area contributed by atoms with Crippen LogP contribution >= 0.6 is 11.3 Å². The molecule has 2 aromatic carbocycles. The summed E-state index contributed by atoms with van der Waals surface area (Å²) in [4.78, 5) is 16.9. The molecule has 2 N–H and O–H groups in total. The number of nitrogens with zero attached hydrogens (tertiary/aromatic N) is 1. The van der Waals surface area contributed by atoms with Gasteiger partial charge in [0, 0.05) is 17.5 Å². The number of hydrogen-bond donors (Lipinski definition) is 2. The van der Waals surface area contributed by atoms with E-state index < -0.39 is 0 Å². The van der Waals surface area contributed by atoms with Crippen LogP contribution in [0.1, 0.15) is 24.6 Å². The summed E-state index contributed by atoms with van der Waals surface area (Å²) in [5.74, 6) is 1.39. The van der Waals surface area contributed by atoms with Crippen LogP contribution in [-0.4, -0.2) is 31.2 Å². The van der Waals surface area contributed by atoms with Crippen molar-refractivity contribution in [2.75, 3.05) is 19.5 Å². The molecule has 0 bridgehead atoms. The lowest BCUT2D eigenvalue weighted by atomic mass is 10.1. The third-order valence-electron chi connectivity index (χ3n) is 4.66. The quantitative estimate of drug-likeness (QED) is 0.497. The van der Waals surface area contributed by atoms with Gasteiger partial charge in [0.05, 0.1) is 32.0 Å². The van der Waals surface area contributed by atoms with E-state index in [9.17, 15) is 4.79 Å². The number of ether oxygens (including phenoxy) is 2. The van der Waals surface area contributed by atoms with Crippen LogP contribution in [0.3, 0.4) is 0 Å². The van der Waals surface area contributed by atoms with E-state index >= 15 is 0 Å². The first-order chi connectivity index (χ1) is 14.6. The molecule has 0 radical (unpaired) electrons. The standard InChI is InChI=1S/C23H27N3O3S/c1-16(9-10-17-7-5-4-6-8-17)24-22(27)13-18-15-30-23(25-18)26-20-14-19(28-2)11-12-21(20)29-3/h4-8,11-12,14-16H,9-10,13H2,1-3H3,(H,24,27)(H,25,26). The molecule has 7 heteroatoms. The Morgan fingerprint density at radius 3 is 2.67 bits per heavy atom. The highest BCUT2D eigenvalue weighted by atomic mass is 32.1. The lowest BCUT2D eigenvalue weighted by Gasteiger charge is -2.13. The fraction of sp³-hybridized carbons (Fsp3) is 0.304. The van der Waals surface area contributed by atoms with Gasteiger partial charge in [-0.15, -0.1) is 11.3 Å². The van der Waals surface area contributed by atoms with Crippen molar-refractivity contribution in [1.29, 1.82) is 0 Å². The number of aryl methyl sites for hydroxylation is 1. The van der Waals surface area contributed by atoms with Gasteiger partial charge in [-0.1, -0.05) is 30.3 Å². The van der Waals surface area contributed by atoms with E-state index in [1.165, 1.54) is 16.9 Å². The molecule has 3 aromatic rings. The predicted molar refractivity (Wildman–Crippen MR) is 121 cm³/mol. The molecule has 0 aliphatic heterocycles. The average Bonchev–Trinajstić information content (AvgIpc) is 3.19. The zero-order valence-electron chi connectivity index (χ0n) is 17.5. The number of carbonyl (C=O) groups excluding carboxylic acids is 1. The number of methoxy groups -OCH3 is 2. The van der Waals surface area contributed by atoms with E-state index in [1.54, 1.807) is 14.2 Å². The van der Waals surface area contributed by atoms with Crippen molar-refractivity contribution in [3.05, 3.63) is 65.2 Å². The molecule has 158 valence electrons. The number of anilines is 2.